The second-order valence-electron chi connectivity index (χ2n) is 9.01. The molecule has 3 aromatic carbocycles. The molecule has 6 nitrogen and oxygen atoms in total. The van der Waals surface area contributed by atoms with Crippen LogP contribution in [0.25, 0.3) is 11.1 Å². The molecule has 1 atom stereocenters. The number of hydrogen-bond acceptors (Lipinski definition) is 5. The number of carboxylic acids is 1. The van der Waals surface area contributed by atoms with Gasteiger partial charge in [0.1, 0.15) is 6.04 Å². The number of hydrogen-bond donors (Lipinski definition) is 2. The second kappa shape index (κ2) is 10.6. The smallest absolute Gasteiger partial charge is 0.323 e. The Balaban J connectivity index is 1.48. The molecule has 4 rings (SSSR count). The lowest BCUT2D eigenvalue weighted by atomic mass is 10.0. The molecule has 0 bridgehead atoms. The van der Waals surface area contributed by atoms with E-state index in [0.717, 1.165) is 26.7 Å². The number of benzene rings is 3. The topological polar surface area (TPSA) is 86.7 Å². The Labute approximate surface area is 225 Å². The number of rotatable bonds is 7. The maximum Gasteiger partial charge on any atom is 0.323 e. The lowest BCUT2D eigenvalue weighted by molar-refractivity contribution is -0.142. The van der Waals surface area contributed by atoms with Crippen molar-refractivity contribution in [2.75, 3.05) is 17.6 Å². The second-order valence-corrected chi connectivity index (χ2v) is 13.5. The zero-order chi connectivity index (χ0) is 26.1. The van der Waals surface area contributed by atoms with E-state index in [9.17, 15) is 18.3 Å². The van der Waals surface area contributed by atoms with E-state index < -0.39 is 26.8 Å². The average molecular weight is 566 g/mol. The van der Waals surface area contributed by atoms with Crippen LogP contribution in [0.15, 0.2) is 71.6 Å². The molecule has 3 aromatic rings. The standard InChI is InChI=1S/C26H26Cl2N2O4S2/c1-26(2)24(25(31)32)30(13-14-35-26)36(33,34)21-10-7-19(8-11-21)18-5-3-17(4-6-18)16-29-20-9-12-22(27)23(28)15-20/h3-12,15,24,29H,13-14,16H2,1-2H3,(H,31,32)/t24-/m0/s1. The molecule has 1 heterocycles. The van der Waals surface area contributed by atoms with Crippen molar-refractivity contribution in [2.24, 2.45) is 0 Å². The molecular formula is C26H26Cl2N2O4S2. The predicted octanol–water partition coefficient (Wildman–Crippen LogP) is 6.24. The Morgan fingerprint density at radius 3 is 2.22 bits per heavy atom. The van der Waals surface area contributed by atoms with Crippen molar-refractivity contribution in [1.82, 2.24) is 4.31 Å². The molecule has 10 heteroatoms. The van der Waals surface area contributed by atoms with E-state index in [1.54, 1.807) is 38.1 Å². The van der Waals surface area contributed by atoms with E-state index >= 15 is 0 Å². The van der Waals surface area contributed by atoms with Gasteiger partial charge in [0.2, 0.25) is 10.0 Å². The van der Waals surface area contributed by atoms with Gasteiger partial charge in [-0.05, 0) is 60.9 Å². The summed E-state index contributed by atoms with van der Waals surface area (Å²) in [5.74, 6) is -0.596. The summed E-state index contributed by atoms with van der Waals surface area (Å²) in [6.45, 7) is 4.30. The number of carbonyl (C=O) groups is 1. The highest BCUT2D eigenvalue weighted by atomic mass is 35.5. The minimum atomic E-state index is -3.96. The van der Waals surface area contributed by atoms with Gasteiger partial charge in [-0.3, -0.25) is 4.79 Å². The van der Waals surface area contributed by atoms with E-state index in [1.165, 1.54) is 23.9 Å². The van der Waals surface area contributed by atoms with Gasteiger partial charge < -0.3 is 10.4 Å². The van der Waals surface area contributed by atoms with Crippen molar-refractivity contribution in [2.45, 2.75) is 36.1 Å². The summed E-state index contributed by atoms with van der Waals surface area (Å²) in [6.07, 6.45) is 0. The number of sulfonamides is 1. The maximum absolute atomic E-state index is 13.3. The first kappa shape index (κ1) is 26.8. The van der Waals surface area contributed by atoms with Crippen molar-refractivity contribution < 1.29 is 18.3 Å². The number of nitrogens with one attached hydrogen (secondary N) is 1. The largest absolute Gasteiger partial charge is 0.480 e. The Bertz CT molecular complexity index is 1360. The van der Waals surface area contributed by atoms with Gasteiger partial charge in [-0.25, -0.2) is 8.42 Å². The number of carboxylic acid groups (broad SMARTS) is 1. The predicted molar refractivity (Wildman–Crippen MR) is 148 cm³/mol. The average Bonchev–Trinajstić information content (AvgIpc) is 2.84. The van der Waals surface area contributed by atoms with Gasteiger partial charge in [0.15, 0.2) is 0 Å². The Kier molecular flexibility index (Phi) is 7.92. The lowest BCUT2D eigenvalue weighted by Gasteiger charge is -2.42. The number of anilines is 1. The fourth-order valence-electron chi connectivity index (χ4n) is 4.21. The summed E-state index contributed by atoms with van der Waals surface area (Å²) in [7, 11) is -3.96. The molecule has 36 heavy (non-hydrogen) atoms. The number of thioether (sulfide) groups is 1. The normalized spacial score (nSPS) is 18.1. The van der Waals surface area contributed by atoms with Crippen molar-refractivity contribution in [3.63, 3.8) is 0 Å². The molecule has 0 spiro atoms. The molecule has 0 radical (unpaired) electrons. The van der Waals surface area contributed by atoms with E-state index in [2.05, 4.69) is 5.32 Å². The molecule has 1 fully saturated rings. The Hall–Kier alpha value is -2.23. The highest BCUT2D eigenvalue weighted by Gasteiger charge is 2.48. The van der Waals surface area contributed by atoms with Crippen LogP contribution in [0.3, 0.4) is 0 Å². The third-order valence-electron chi connectivity index (χ3n) is 6.13. The SMILES string of the molecule is CC1(C)SCCN(S(=O)(=O)c2ccc(-c3ccc(CNc4ccc(Cl)c(Cl)c4)cc3)cc2)[C@H]1C(=O)O. The molecule has 0 amide bonds. The lowest BCUT2D eigenvalue weighted by Crippen LogP contribution is -2.58. The molecular weight excluding hydrogens is 539 g/mol. The molecule has 1 aliphatic heterocycles. The van der Waals surface area contributed by atoms with Gasteiger partial charge in [-0.15, -0.1) is 0 Å². The molecule has 0 aliphatic carbocycles. The van der Waals surface area contributed by atoms with E-state index in [0.29, 0.717) is 22.3 Å². The fraction of sp³-hybridized carbons (Fsp3) is 0.269. The van der Waals surface area contributed by atoms with Gasteiger partial charge >= 0.3 is 5.97 Å². The monoisotopic (exact) mass is 564 g/mol. The highest BCUT2D eigenvalue weighted by Crippen LogP contribution is 2.38. The molecule has 0 saturated carbocycles. The van der Waals surface area contributed by atoms with Gasteiger partial charge in [-0.2, -0.15) is 16.1 Å². The first-order valence-electron chi connectivity index (χ1n) is 11.3. The summed E-state index contributed by atoms with van der Waals surface area (Å²) in [4.78, 5) is 12.0. The highest BCUT2D eigenvalue weighted by molar-refractivity contribution is 8.00. The summed E-state index contributed by atoms with van der Waals surface area (Å²) in [5.41, 5.74) is 3.74. The number of halogens is 2. The summed E-state index contributed by atoms with van der Waals surface area (Å²) in [6, 6.07) is 18.8. The van der Waals surface area contributed by atoms with Crippen molar-refractivity contribution >= 4 is 56.6 Å². The van der Waals surface area contributed by atoms with E-state index in [-0.39, 0.29) is 11.4 Å². The summed E-state index contributed by atoms with van der Waals surface area (Å²) < 4.78 is 27.1. The minimum absolute atomic E-state index is 0.0858. The molecule has 190 valence electrons. The van der Waals surface area contributed by atoms with Crippen LogP contribution in [0.5, 0.6) is 0 Å². The first-order chi connectivity index (χ1) is 17.0. The van der Waals surface area contributed by atoms with Gasteiger partial charge in [0.05, 0.1) is 14.9 Å². The first-order valence-corrected chi connectivity index (χ1v) is 14.4. The van der Waals surface area contributed by atoms with Crippen molar-refractivity contribution in [3.8, 4) is 11.1 Å². The molecule has 1 aliphatic rings. The van der Waals surface area contributed by atoms with Crippen LogP contribution in [-0.4, -0.2) is 46.9 Å². The van der Waals surface area contributed by atoms with Gasteiger partial charge in [-0.1, -0.05) is 59.6 Å². The van der Waals surface area contributed by atoms with Crippen molar-refractivity contribution in [3.05, 3.63) is 82.3 Å². The van der Waals surface area contributed by atoms with Crippen LogP contribution < -0.4 is 5.32 Å². The number of nitrogens with zero attached hydrogens (tertiary/aromatic N) is 1. The van der Waals surface area contributed by atoms with E-state index in [4.69, 9.17) is 23.2 Å². The van der Waals surface area contributed by atoms with Crippen molar-refractivity contribution in [1.29, 1.82) is 0 Å². The molecule has 1 saturated heterocycles. The zero-order valence-electron chi connectivity index (χ0n) is 19.7. The van der Waals surface area contributed by atoms with Crippen LogP contribution in [0.4, 0.5) is 5.69 Å². The van der Waals surface area contributed by atoms with Crippen LogP contribution >= 0.6 is 35.0 Å². The van der Waals surface area contributed by atoms with Crippen LogP contribution in [-0.2, 0) is 21.4 Å². The minimum Gasteiger partial charge on any atom is -0.480 e. The Morgan fingerprint density at radius 1 is 1.03 bits per heavy atom. The summed E-state index contributed by atoms with van der Waals surface area (Å²) in [5, 5.41) is 14.1. The third kappa shape index (κ3) is 5.68. The van der Waals surface area contributed by atoms with Crippen LogP contribution in [0.1, 0.15) is 19.4 Å². The third-order valence-corrected chi connectivity index (χ3v) is 10.1. The Morgan fingerprint density at radius 2 is 1.64 bits per heavy atom. The molecule has 0 unspecified atom stereocenters. The van der Waals surface area contributed by atoms with Gasteiger partial charge in [0, 0.05) is 29.3 Å². The van der Waals surface area contributed by atoms with E-state index in [1.807, 2.05) is 30.3 Å². The summed E-state index contributed by atoms with van der Waals surface area (Å²) >= 11 is 13.5. The quantitative estimate of drug-likeness (QED) is 0.353. The van der Waals surface area contributed by atoms with Crippen LogP contribution in [0, 0.1) is 0 Å². The molecule has 0 aromatic heterocycles. The number of aliphatic carboxylic acids is 1. The van der Waals surface area contributed by atoms with Crippen LogP contribution in [0.2, 0.25) is 10.0 Å². The fourth-order valence-corrected chi connectivity index (χ4v) is 7.61. The maximum atomic E-state index is 13.3. The zero-order valence-corrected chi connectivity index (χ0v) is 22.9. The van der Waals surface area contributed by atoms with Gasteiger partial charge in [0.25, 0.3) is 0 Å². The molecule has 2 N–H and O–H groups in total.